The van der Waals surface area contributed by atoms with Crippen molar-refractivity contribution >= 4 is 22.9 Å². The molecule has 110 valence electrons. The van der Waals surface area contributed by atoms with E-state index >= 15 is 0 Å². The molecule has 0 bridgehead atoms. The summed E-state index contributed by atoms with van der Waals surface area (Å²) < 4.78 is 5.18. The van der Waals surface area contributed by atoms with E-state index in [1.165, 1.54) is 0 Å². The lowest BCUT2D eigenvalue weighted by molar-refractivity contribution is 0.415. The first kappa shape index (κ1) is 15.3. The van der Waals surface area contributed by atoms with E-state index in [9.17, 15) is 0 Å². The Kier molecular flexibility index (Phi) is 5.17. The zero-order valence-electron chi connectivity index (χ0n) is 12.3. The van der Waals surface area contributed by atoms with Crippen molar-refractivity contribution in [2.24, 2.45) is 5.73 Å². The third-order valence-electron chi connectivity index (χ3n) is 3.52. The number of thiocarbonyl (C=S) groups is 1. The molecule has 3 nitrogen and oxygen atoms in total. The van der Waals surface area contributed by atoms with Gasteiger partial charge in [0.2, 0.25) is 0 Å². The van der Waals surface area contributed by atoms with Gasteiger partial charge in [-0.1, -0.05) is 42.5 Å². The van der Waals surface area contributed by atoms with Gasteiger partial charge in [0.15, 0.2) is 0 Å². The minimum absolute atomic E-state index is 0.0355. The van der Waals surface area contributed by atoms with Crippen molar-refractivity contribution in [1.82, 2.24) is 0 Å². The molecule has 2 aromatic rings. The van der Waals surface area contributed by atoms with Crippen LogP contribution < -0.4 is 15.4 Å². The average molecular weight is 300 g/mol. The van der Waals surface area contributed by atoms with Crippen molar-refractivity contribution in [3.63, 3.8) is 0 Å². The van der Waals surface area contributed by atoms with Crippen LogP contribution in [-0.4, -0.2) is 25.7 Å². The first-order valence-electron chi connectivity index (χ1n) is 6.81. The van der Waals surface area contributed by atoms with Crippen LogP contribution in [0, 0.1) is 0 Å². The predicted molar refractivity (Wildman–Crippen MR) is 92.2 cm³/mol. The number of methoxy groups -OCH3 is 1. The first-order chi connectivity index (χ1) is 10.1. The van der Waals surface area contributed by atoms with Crippen molar-refractivity contribution in [1.29, 1.82) is 0 Å². The van der Waals surface area contributed by atoms with Crippen molar-refractivity contribution < 1.29 is 4.74 Å². The lowest BCUT2D eigenvalue weighted by Crippen LogP contribution is -2.31. The molecule has 0 saturated heterocycles. The zero-order valence-corrected chi connectivity index (χ0v) is 13.1. The number of anilines is 1. The Morgan fingerprint density at radius 2 is 1.76 bits per heavy atom. The van der Waals surface area contributed by atoms with E-state index in [1.807, 2.05) is 49.5 Å². The number of nitrogens with zero attached hydrogens (tertiary/aromatic N) is 1. The van der Waals surface area contributed by atoms with E-state index in [4.69, 9.17) is 22.7 Å². The second-order valence-corrected chi connectivity index (χ2v) is 5.42. The van der Waals surface area contributed by atoms with Gasteiger partial charge < -0.3 is 15.4 Å². The van der Waals surface area contributed by atoms with E-state index < -0.39 is 0 Å². The van der Waals surface area contributed by atoms with Crippen LogP contribution in [0.2, 0.25) is 0 Å². The molecule has 2 rings (SSSR count). The maximum atomic E-state index is 5.93. The SMILES string of the molecule is COc1ccc(N(C)CC(C(N)=S)c2ccccc2)cc1. The molecular formula is C17H20N2OS. The molecule has 2 N–H and O–H groups in total. The maximum absolute atomic E-state index is 5.93. The van der Waals surface area contributed by atoms with E-state index in [0.29, 0.717) is 4.99 Å². The molecule has 0 fully saturated rings. The van der Waals surface area contributed by atoms with Crippen LogP contribution in [0.15, 0.2) is 54.6 Å². The summed E-state index contributed by atoms with van der Waals surface area (Å²) in [6, 6.07) is 18.1. The predicted octanol–water partition coefficient (Wildman–Crippen LogP) is 3.20. The highest BCUT2D eigenvalue weighted by Gasteiger charge is 2.17. The molecular weight excluding hydrogens is 280 g/mol. The van der Waals surface area contributed by atoms with Crippen LogP contribution in [0.3, 0.4) is 0 Å². The lowest BCUT2D eigenvalue weighted by Gasteiger charge is -2.25. The molecule has 0 radical (unpaired) electrons. The Bertz CT molecular complexity index is 583. The number of rotatable bonds is 6. The molecule has 0 spiro atoms. The van der Waals surface area contributed by atoms with Gasteiger partial charge in [-0.25, -0.2) is 0 Å². The number of benzene rings is 2. The van der Waals surface area contributed by atoms with E-state index in [1.54, 1.807) is 7.11 Å². The average Bonchev–Trinajstić information content (AvgIpc) is 2.53. The Balaban J connectivity index is 2.14. The fourth-order valence-electron chi connectivity index (χ4n) is 2.26. The minimum atomic E-state index is 0.0355. The van der Waals surface area contributed by atoms with Gasteiger partial charge in [-0.05, 0) is 29.8 Å². The molecule has 21 heavy (non-hydrogen) atoms. The molecule has 0 aromatic heterocycles. The molecule has 0 amide bonds. The van der Waals surface area contributed by atoms with Gasteiger partial charge in [-0.15, -0.1) is 0 Å². The normalized spacial score (nSPS) is 11.7. The molecule has 0 aliphatic rings. The smallest absolute Gasteiger partial charge is 0.119 e. The lowest BCUT2D eigenvalue weighted by atomic mass is 9.98. The van der Waals surface area contributed by atoms with Gasteiger partial charge in [-0.3, -0.25) is 0 Å². The summed E-state index contributed by atoms with van der Waals surface area (Å²) >= 11 is 5.24. The Labute approximate surface area is 131 Å². The van der Waals surface area contributed by atoms with Crippen LogP contribution in [0.4, 0.5) is 5.69 Å². The minimum Gasteiger partial charge on any atom is -0.497 e. The summed E-state index contributed by atoms with van der Waals surface area (Å²) in [7, 11) is 3.70. The summed E-state index contributed by atoms with van der Waals surface area (Å²) in [6.07, 6.45) is 0. The maximum Gasteiger partial charge on any atom is 0.119 e. The zero-order chi connectivity index (χ0) is 15.2. The fourth-order valence-corrected chi connectivity index (χ4v) is 2.47. The molecule has 1 atom stereocenters. The van der Waals surface area contributed by atoms with Crippen LogP contribution in [0.5, 0.6) is 5.75 Å². The standard InChI is InChI=1S/C17H20N2OS/c1-19(14-8-10-15(20-2)11-9-14)12-16(17(18)21)13-6-4-3-5-7-13/h3-11,16H,12H2,1-2H3,(H2,18,21). The van der Waals surface area contributed by atoms with Gasteiger partial charge in [0.1, 0.15) is 5.75 Å². The summed E-state index contributed by atoms with van der Waals surface area (Å²) in [6.45, 7) is 0.742. The Morgan fingerprint density at radius 1 is 1.14 bits per heavy atom. The Morgan fingerprint density at radius 3 is 2.29 bits per heavy atom. The topological polar surface area (TPSA) is 38.5 Å². The van der Waals surface area contributed by atoms with Crippen molar-refractivity contribution in [2.75, 3.05) is 25.6 Å². The number of hydrogen-bond donors (Lipinski definition) is 1. The molecule has 0 saturated carbocycles. The summed E-state index contributed by atoms with van der Waals surface area (Å²) in [5.74, 6) is 0.884. The second-order valence-electron chi connectivity index (χ2n) is 4.94. The van der Waals surface area contributed by atoms with Gasteiger partial charge in [0.05, 0.1) is 18.0 Å². The number of nitrogens with two attached hydrogens (primary N) is 1. The molecule has 1 unspecified atom stereocenters. The monoisotopic (exact) mass is 300 g/mol. The number of ether oxygens (including phenoxy) is 1. The highest BCUT2D eigenvalue weighted by atomic mass is 32.1. The molecule has 4 heteroatoms. The van der Waals surface area contributed by atoms with Gasteiger partial charge in [0, 0.05) is 19.3 Å². The quantitative estimate of drug-likeness (QED) is 0.832. The van der Waals surface area contributed by atoms with Crippen molar-refractivity contribution in [3.05, 3.63) is 60.2 Å². The van der Waals surface area contributed by atoms with Crippen LogP contribution in [0.1, 0.15) is 11.5 Å². The molecule has 0 aliphatic carbocycles. The van der Waals surface area contributed by atoms with Gasteiger partial charge in [-0.2, -0.15) is 0 Å². The van der Waals surface area contributed by atoms with Crippen LogP contribution in [0.25, 0.3) is 0 Å². The molecule has 2 aromatic carbocycles. The number of hydrogen-bond acceptors (Lipinski definition) is 3. The first-order valence-corrected chi connectivity index (χ1v) is 7.22. The molecule has 0 aliphatic heterocycles. The highest BCUT2D eigenvalue weighted by molar-refractivity contribution is 7.80. The van der Waals surface area contributed by atoms with Crippen LogP contribution >= 0.6 is 12.2 Å². The van der Waals surface area contributed by atoms with Gasteiger partial charge in [0.25, 0.3) is 0 Å². The molecule has 0 heterocycles. The third kappa shape index (κ3) is 3.95. The third-order valence-corrected chi connectivity index (χ3v) is 3.80. The fraction of sp³-hybridized carbons (Fsp3) is 0.235. The van der Waals surface area contributed by atoms with E-state index in [-0.39, 0.29) is 5.92 Å². The van der Waals surface area contributed by atoms with Crippen molar-refractivity contribution in [2.45, 2.75) is 5.92 Å². The number of likely N-dealkylation sites (N-methyl/N-ethyl adjacent to an activating group) is 1. The second kappa shape index (κ2) is 7.09. The van der Waals surface area contributed by atoms with E-state index in [0.717, 1.165) is 23.5 Å². The van der Waals surface area contributed by atoms with Gasteiger partial charge >= 0.3 is 0 Å². The summed E-state index contributed by atoms with van der Waals surface area (Å²) in [5.41, 5.74) is 8.17. The van der Waals surface area contributed by atoms with Crippen LogP contribution in [-0.2, 0) is 0 Å². The Hall–Kier alpha value is -2.07. The largest absolute Gasteiger partial charge is 0.497 e. The van der Waals surface area contributed by atoms with Crippen molar-refractivity contribution in [3.8, 4) is 5.75 Å². The summed E-state index contributed by atoms with van der Waals surface area (Å²) in [5, 5.41) is 0. The summed E-state index contributed by atoms with van der Waals surface area (Å²) in [4.78, 5) is 2.66. The van der Waals surface area contributed by atoms with E-state index in [2.05, 4.69) is 17.0 Å². The highest BCUT2D eigenvalue weighted by Crippen LogP contribution is 2.22.